The van der Waals surface area contributed by atoms with E-state index in [9.17, 15) is 5.02 Å². The summed E-state index contributed by atoms with van der Waals surface area (Å²) in [6, 6.07) is 0. The standard InChI is InChI=1S/C22H23BO2/c24-23-25-21-13-20-16-9-2-1-7-14(16)15-8-3-5-11-18(15)22(20)19-12-6-4-10-17(19)21/h1-20,22-24H. The number of hydrogen-bond donors (Lipinski definition) is 1. The lowest BCUT2D eigenvalue weighted by Crippen LogP contribution is -2.50. The summed E-state index contributed by atoms with van der Waals surface area (Å²) in [7, 11) is -0.247. The van der Waals surface area contributed by atoms with Crippen LogP contribution >= 0.6 is 0 Å². The fraction of sp³-hybridized carbons (Fsp3) is 0.364. The second kappa shape index (κ2) is 6.07. The molecule has 8 unspecified atom stereocenters. The van der Waals surface area contributed by atoms with Gasteiger partial charge in [0.2, 0.25) is 0 Å². The number of allylic oxidation sites excluding steroid dienone is 13. The van der Waals surface area contributed by atoms with Crippen LogP contribution in [-0.4, -0.2) is 12.7 Å². The highest BCUT2D eigenvalue weighted by atomic mass is 16.5. The molecule has 5 aliphatic rings. The van der Waals surface area contributed by atoms with Crippen LogP contribution in [0.25, 0.3) is 0 Å². The Labute approximate surface area is 150 Å². The van der Waals surface area contributed by atoms with Gasteiger partial charge in [-0.2, -0.15) is 0 Å². The van der Waals surface area contributed by atoms with E-state index in [1.807, 2.05) is 0 Å². The van der Waals surface area contributed by atoms with E-state index in [-0.39, 0.29) is 13.6 Å². The normalized spacial score (nSPS) is 45.1. The SMILES string of the molecule is OBOC1=CC2C3C=CC=CC3C3C=CC=CC3C2C2C=CC=CC12. The maximum Gasteiger partial charge on any atom is 0.503 e. The van der Waals surface area contributed by atoms with Crippen LogP contribution in [0.3, 0.4) is 0 Å². The zero-order valence-electron chi connectivity index (χ0n) is 14.2. The lowest BCUT2D eigenvalue weighted by atomic mass is 9.49. The van der Waals surface area contributed by atoms with Gasteiger partial charge in [0.05, 0.1) is 5.76 Å². The highest BCUT2D eigenvalue weighted by Gasteiger charge is 2.53. The van der Waals surface area contributed by atoms with E-state index in [0.717, 1.165) is 5.76 Å². The van der Waals surface area contributed by atoms with Crippen LogP contribution < -0.4 is 0 Å². The van der Waals surface area contributed by atoms with Gasteiger partial charge in [0.25, 0.3) is 0 Å². The Morgan fingerprint density at radius 3 is 1.84 bits per heavy atom. The summed E-state index contributed by atoms with van der Waals surface area (Å²) >= 11 is 0. The predicted octanol–water partition coefficient (Wildman–Crippen LogP) is 3.48. The van der Waals surface area contributed by atoms with E-state index in [0.29, 0.717) is 41.4 Å². The minimum absolute atomic E-state index is 0.247. The number of fused-ring (bicyclic) bond motifs is 8. The van der Waals surface area contributed by atoms with Gasteiger partial charge in [0.15, 0.2) is 0 Å². The van der Waals surface area contributed by atoms with E-state index in [4.69, 9.17) is 4.65 Å². The van der Waals surface area contributed by atoms with Crippen LogP contribution in [0.4, 0.5) is 0 Å². The summed E-state index contributed by atoms with van der Waals surface area (Å²) in [5.41, 5.74) is 0. The third kappa shape index (κ3) is 2.29. The minimum atomic E-state index is -0.247. The molecule has 0 aliphatic heterocycles. The molecule has 0 aromatic rings. The van der Waals surface area contributed by atoms with Gasteiger partial charge in [-0.3, -0.25) is 0 Å². The second-order valence-corrected chi connectivity index (χ2v) is 7.72. The van der Waals surface area contributed by atoms with Crippen molar-refractivity contribution in [3.63, 3.8) is 0 Å². The largest absolute Gasteiger partial charge is 0.542 e. The molecule has 25 heavy (non-hydrogen) atoms. The van der Waals surface area contributed by atoms with Gasteiger partial charge in [0.1, 0.15) is 0 Å². The molecule has 0 heterocycles. The quantitative estimate of drug-likeness (QED) is 0.786. The topological polar surface area (TPSA) is 29.5 Å². The monoisotopic (exact) mass is 330 g/mol. The Bertz CT molecular complexity index is 754. The second-order valence-electron chi connectivity index (χ2n) is 7.72. The van der Waals surface area contributed by atoms with Gasteiger partial charge >= 0.3 is 7.69 Å². The van der Waals surface area contributed by atoms with E-state index in [1.165, 1.54) is 0 Å². The fourth-order valence-corrected chi connectivity index (χ4v) is 5.87. The zero-order valence-corrected chi connectivity index (χ0v) is 14.2. The maximum atomic E-state index is 9.37. The van der Waals surface area contributed by atoms with Crippen LogP contribution in [-0.2, 0) is 4.65 Å². The van der Waals surface area contributed by atoms with Gasteiger partial charge in [-0.1, -0.05) is 72.9 Å². The first-order valence-corrected chi connectivity index (χ1v) is 9.39. The molecule has 1 N–H and O–H groups in total. The molecule has 1 saturated carbocycles. The van der Waals surface area contributed by atoms with Crippen LogP contribution in [0.2, 0.25) is 0 Å². The van der Waals surface area contributed by atoms with Crippen molar-refractivity contribution in [3.8, 4) is 0 Å². The lowest BCUT2D eigenvalue weighted by Gasteiger charge is -2.55. The third-order valence-corrected chi connectivity index (χ3v) is 6.76. The smallest absolute Gasteiger partial charge is 0.503 e. The van der Waals surface area contributed by atoms with Gasteiger partial charge < -0.3 is 9.68 Å². The van der Waals surface area contributed by atoms with Crippen LogP contribution in [0.1, 0.15) is 0 Å². The Morgan fingerprint density at radius 2 is 1.16 bits per heavy atom. The highest BCUT2D eigenvalue weighted by Crippen LogP contribution is 2.58. The van der Waals surface area contributed by atoms with Gasteiger partial charge in [0, 0.05) is 5.92 Å². The van der Waals surface area contributed by atoms with Crippen LogP contribution in [0, 0.1) is 47.3 Å². The number of rotatable bonds is 2. The molecule has 0 spiro atoms. The van der Waals surface area contributed by atoms with Crippen molar-refractivity contribution in [1.29, 1.82) is 0 Å². The molecule has 1 fully saturated rings. The molecule has 0 saturated heterocycles. The summed E-state index contributed by atoms with van der Waals surface area (Å²) in [5, 5.41) is 9.37. The van der Waals surface area contributed by atoms with Crippen molar-refractivity contribution in [2.45, 2.75) is 0 Å². The van der Waals surface area contributed by atoms with Crippen molar-refractivity contribution >= 4 is 7.69 Å². The highest BCUT2D eigenvalue weighted by molar-refractivity contribution is 6.16. The van der Waals surface area contributed by atoms with Gasteiger partial charge in [-0.25, -0.2) is 0 Å². The Balaban J connectivity index is 1.63. The van der Waals surface area contributed by atoms with Crippen LogP contribution in [0.15, 0.2) is 84.7 Å². The first-order chi connectivity index (χ1) is 12.4. The molecular weight excluding hydrogens is 307 g/mol. The molecule has 8 atom stereocenters. The van der Waals surface area contributed by atoms with E-state index >= 15 is 0 Å². The summed E-state index contributed by atoms with van der Waals surface area (Å²) in [6.45, 7) is 0. The summed E-state index contributed by atoms with van der Waals surface area (Å²) in [5.74, 6) is 4.83. The van der Waals surface area contributed by atoms with Gasteiger partial charge in [-0.05, 0) is 47.5 Å². The number of hydrogen-bond acceptors (Lipinski definition) is 2. The van der Waals surface area contributed by atoms with Crippen molar-refractivity contribution in [1.82, 2.24) is 0 Å². The van der Waals surface area contributed by atoms with E-state index in [2.05, 4.69) is 79.0 Å². The molecule has 126 valence electrons. The Hall–Kier alpha value is -2.00. The molecule has 5 aliphatic carbocycles. The first-order valence-electron chi connectivity index (χ1n) is 9.39. The van der Waals surface area contributed by atoms with Crippen molar-refractivity contribution in [3.05, 3.63) is 84.7 Å². The molecule has 0 radical (unpaired) electrons. The summed E-state index contributed by atoms with van der Waals surface area (Å²) in [6.07, 6.45) is 29.7. The molecular formula is C22H23BO2. The Morgan fingerprint density at radius 1 is 0.640 bits per heavy atom. The average molecular weight is 330 g/mol. The fourth-order valence-electron chi connectivity index (χ4n) is 5.87. The van der Waals surface area contributed by atoms with Gasteiger partial charge in [-0.15, -0.1) is 0 Å². The van der Waals surface area contributed by atoms with E-state index in [1.54, 1.807) is 0 Å². The Kier molecular flexibility index (Phi) is 3.71. The van der Waals surface area contributed by atoms with Crippen molar-refractivity contribution in [2.24, 2.45) is 47.3 Å². The lowest BCUT2D eigenvalue weighted by molar-refractivity contribution is 0.0362. The van der Waals surface area contributed by atoms with Crippen molar-refractivity contribution < 1.29 is 9.68 Å². The summed E-state index contributed by atoms with van der Waals surface area (Å²) in [4.78, 5) is 0. The molecule has 0 amide bonds. The van der Waals surface area contributed by atoms with Crippen LogP contribution in [0.5, 0.6) is 0 Å². The zero-order chi connectivity index (χ0) is 16.8. The minimum Gasteiger partial charge on any atom is -0.542 e. The third-order valence-electron chi connectivity index (χ3n) is 6.76. The first kappa shape index (κ1) is 15.3. The predicted molar refractivity (Wildman–Crippen MR) is 101 cm³/mol. The molecule has 5 rings (SSSR count). The van der Waals surface area contributed by atoms with Crippen molar-refractivity contribution in [2.75, 3.05) is 0 Å². The average Bonchev–Trinajstić information content (AvgIpc) is 2.68. The molecule has 0 aromatic heterocycles. The molecule has 3 heteroatoms. The molecule has 0 bridgehead atoms. The van der Waals surface area contributed by atoms with E-state index < -0.39 is 0 Å². The molecule has 0 aromatic carbocycles. The molecule has 2 nitrogen and oxygen atoms in total. The maximum absolute atomic E-state index is 9.37. The summed E-state index contributed by atoms with van der Waals surface area (Å²) < 4.78 is 5.67.